The van der Waals surface area contributed by atoms with Crippen LogP contribution >= 0.6 is 11.3 Å². The van der Waals surface area contributed by atoms with Crippen molar-refractivity contribution in [2.24, 2.45) is 0 Å². The summed E-state index contributed by atoms with van der Waals surface area (Å²) in [6.45, 7) is 0. The van der Waals surface area contributed by atoms with Crippen molar-refractivity contribution in [3.63, 3.8) is 0 Å². The second kappa shape index (κ2) is 3.41. The zero-order valence-electron chi connectivity index (χ0n) is 6.44. The number of furan rings is 1. The van der Waals surface area contributed by atoms with Gasteiger partial charge in [0, 0.05) is 4.88 Å². The van der Waals surface area contributed by atoms with Crippen LogP contribution in [0.5, 0.6) is 0 Å². The standard InChI is InChI=1S/C10H8OS/c1-3-9(11-7-1)5-6-10-4-2-8-12-10/h1-8H. The summed E-state index contributed by atoms with van der Waals surface area (Å²) in [6, 6.07) is 7.93. The van der Waals surface area contributed by atoms with E-state index in [1.54, 1.807) is 17.6 Å². The Bertz CT molecular complexity index is 307. The summed E-state index contributed by atoms with van der Waals surface area (Å²) in [5.74, 6) is 0.892. The normalized spacial score (nSPS) is 11.0. The predicted molar refractivity (Wildman–Crippen MR) is 52.0 cm³/mol. The molecule has 0 saturated heterocycles. The Morgan fingerprint density at radius 1 is 1.17 bits per heavy atom. The Hall–Kier alpha value is -1.28. The van der Waals surface area contributed by atoms with Gasteiger partial charge in [0.2, 0.25) is 0 Å². The smallest absolute Gasteiger partial charge is 0.126 e. The van der Waals surface area contributed by atoms with Gasteiger partial charge in [-0.25, -0.2) is 0 Å². The minimum absolute atomic E-state index is 0.892. The zero-order valence-corrected chi connectivity index (χ0v) is 7.25. The van der Waals surface area contributed by atoms with E-state index >= 15 is 0 Å². The van der Waals surface area contributed by atoms with Crippen LogP contribution in [-0.2, 0) is 0 Å². The average Bonchev–Trinajstić information content (AvgIpc) is 2.74. The highest BCUT2D eigenvalue weighted by molar-refractivity contribution is 7.10. The lowest BCUT2D eigenvalue weighted by atomic mass is 10.3. The second-order valence-electron chi connectivity index (χ2n) is 2.36. The fourth-order valence-corrected chi connectivity index (χ4v) is 1.55. The van der Waals surface area contributed by atoms with E-state index in [1.165, 1.54) is 4.88 Å². The molecule has 0 bridgehead atoms. The van der Waals surface area contributed by atoms with Gasteiger partial charge < -0.3 is 4.42 Å². The zero-order chi connectivity index (χ0) is 8.23. The Morgan fingerprint density at radius 3 is 2.83 bits per heavy atom. The molecule has 1 nitrogen and oxygen atoms in total. The van der Waals surface area contributed by atoms with Gasteiger partial charge in [-0.2, -0.15) is 0 Å². The fourth-order valence-electron chi connectivity index (χ4n) is 0.936. The lowest BCUT2D eigenvalue weighted by molar-refractivity contribution is 0.557. The molecule has 0 aromatic carbocycles. The first-order valence-corrected chi connectivity index (χ1v) is 4.58. The van der Waals surface area contributed by atoms with Crippen LogP contribution < -0.4 is 0 Å². The van der Waals surface area contributed by atoms with Crippen LogP contribution in [0.3, 0.4) is 0 Å². The molecule has 0 fully saturated rings. The first kappa shape index (κ1) is 7.37. The van der Waals surface area contributed by atoms with Crippen LogP contribution in [0.15, 0.2) is 40.3 Å². The number of hydrogen-bond acceptors (Lipinski definition) is 2. The number of hydrogen-bond donors (Lipinski definition) is 0. The Balaban J connectivity index is 2.14. The van der Waals surface area contributed by atoms with Crippen molar-refractivity contribution in [1.29, 1.82) is 0 Å². The lowest BCUT2D eigenvalue weighted by Gasteiger charge is -1.82. The molecule has 60 valence electrons. The summed E-state index contributed by atoms with van der Waals surface area (Å²) in [5, 5.41) is 2.06. The summed E-state index contributed by atoms with van der Waals surface area (Å²) in [4.78, 5) is 1.24. The minimum Gasteiger partial charge on any atom is -0.465 e. The summed E-state index contributed by atoms with van der Waals surface area (Å²) in [7, 11) is 0. The molecule has 0 aliphatic rings. The topological polar surface area (TPSA) is 13.1 Å². The molecule has 0 radical (unpaired) electrons. The van der Waals surface area contributed by atoms with Gasteiger partial charge in [0.15, 0.2) is 0 Å². The van der Waals surface area contributed by atoms with Gasteiger partial charge in [0.25, 0.3) is 0 Å². The van der Waals surface area contributed by atoms with E-state index in [2.05, 4.69) is 11.4 Å². The second-order valence-corrected chi connectivity index (χ2v) is 3.34. The number of thiophene rings is 1. The SMILES string of the molecule is C(=Cc1cccs1)c1ccco1. The van der Waals surface area contributed by atoms with Crippen molar-refractivity contribution < 1.29 is 4.42 Å². The van der Waals surface area contributed by atoms with Gasteiger partial charge in [-0.15, -0.1) is 11.3 Å². The van der Waals surface area contributed by atoms with E-state index in [1.807, 2.05) is 30.4 Å². The minimum atomic E-state index is 0.892. The molecule has 0 saturated carbocycles. The lowest BCUT2D eigenvalue weighted by Crippen LogP contribution is -1.59. The molecule has 2 heterocycles. The van der Waals surface area contributed by atoms with Crippen molar-refractivity contribution in [1.82, 2.24) is 0 Å². The summed E-state index contributed by atoms with van der Waals surface area (Å²) in [5.41, 5.74) is 0. The van der Waals surface area contributed by atoms with E-state index < -0.39 is 0 Å². The maximum Gasteiger partial charge on any atom is 0.126 e. The quantitative estimate of drug-likeness (QED) is 0.682. The monoisotopic (exact) mass is 176 g/mol. The largest absolute Gasteiger partial charge is 0.465 e. The molecule has 2 heteroatoms. The average molecular weight is 176 g/mol. The highest BCUT2D eigenvalue weighted by Crippen LogP contribution is 2.13. The van der Waals surface area contributed by atoms with Gasteiger partial charge >= 0.3 is 0 Å². The first-order chi connectivity index (χ1) is 5.95. The van der Waals surface area contributed by atoms with Crippen LogP contribution in [0, 0.1) is 0 Å². The van der Waals surface area contributed by atoms with Gasteiger partial charge in [0.05, 0.1) is 6.26 Å². The third-order valence-electron chi connectivity index (χ3n) is 1.50. The van der Waals surface area contributed by atoms with Gasteiger partial charge in [-0.05, 0) is 35.7 Å². The molecular weight excluding hydrogens is 168 g/mol. The fraction of sp³-hybridized carbons (Fsp3) is 0. The highest BCUT2D eigenvalue weighted by Gasteiger charge is 1.88. The highest BCUT2D eigenvalue weighted by atomic mass is 32.1. The van der Waals surface area contributed by atoms with E-state index in [-0.39, 0.29) is 0 Å². The van der Waals surface area contributed by atoms with Crippen molar-refractivity contribution >= 4 is 23.5 Å². The maximum atomic E-state index is 5.15. The molecule has 0 aliphatic heterocycles. The summed E-state index contributed by atoms with van der Waals surface area (Å²) < 4.78 is 5.15. The summed E-state index contributed by atoms with van der Waals surface area (Å²) >= 11 is 1.72. The van der Waals surface area contributed by atoms with E-state index in [9.17, 15) is 0 Å². The van der Waals surface area contributed by atoms with Crippen molar-refractivity contribution in [2.75, 3.05) is 0 Å². The van der Waals surface area contributed by atoms with Gasteiger partial charge in [-0.1, -0.05) is 6.07 Å². The molecule has 0 aliphatic carbocycles. The van der Waals surface area contributed by atoms with Crippen LogP contribution in [0.25, 0.3) is 12.2 Å². The third-order valence-corrected chi connectivity index (χ3v) is 2.34. The molecule has 2 rings (SSSR count). The van der Waals surface area contributed by atoms with Crippen LogP contribution in [0.1, 0.15) is 10.6 Å². The maximum absolute atomic E-state index is 5.15. The van der Waals surface area contributed by atoms with Crippen molar-refractivity contribution in [3.8, 4) is 0 Å². The van der Waals surface area contributed by atoms with E-state index in [4.69, 9.17) is 4.42 Å². The molecule has 0 spiro atoms. The molecule has 0 N–H and O–H groups in total. The molecule has 0 amide bonds. The molecule has 2 aromatic rings. The van der Waals surface area contributed by atoms with Crippen LogP contribution in [-0.4, -0.2) is 0 Å². The van der Waals surface area contributed by atoms with Gasteiger partial charge in [0.1, 0.15) is 5.76 Å². The van der Waals surface area contributed by atoms with E-state index in [0.29, 0.717) is 0 Å². The molecule has 2 aromatic heterocycles. The molecular formula is C10H8OS. The first-order valence-electron chi connectivity index (χ1n) is 3.70. The molecule has 0 unspecified atom stereocenters. The van der Waals surface area contributed by atoms with Crippen molar-refractivity contribution in [3.05, 3.63) is 46.5 Å². The Kier molecular flexibility index (Phi) is 2.10. The number of rotatable bonds is 2. The summed E-state index contributed by atoms with van der Waals surface area (Å²) in [6.07, 6.45) is 5.68. The van der Waals surface area contributed by atoms with Crippen molar-refractivity contribution in [2.45, 2.75) is 0 Å². The van der Waals surface area contributed by atoms with Crippen LogP contribution in [0.4, 0.5) is 0 Å². The Labute approximate surface area is 75.0 Å². The molecule has 0 atom stereocenters. The van der Waals surface area contributed by atoms with Crippen LogP contribution in [0.2, 0.25) is 0 Å². The van der Waals surface area contributed by atoms with Gasteiger partial charge in [-0.3, -0.25) is 0 Å². The van der Waals surface area contributed by atoms with E-state index in [0.717, 1.165) is 5.76 Å². The molecule has 12 heavy (non-hydrogen) atoms. The third kappa shape index (κ3) is 1.66. The Morgan fingerprint density at radius 2 is 2.17 bits per heavy atom. The predicted octanol–water partition coefficient (Wildman–Crippen LogP) is 3.51.